The van der Waals surface area contributed by atoms with Gasteiger partial charge in [0.05, 0.1) is 17.2 Å². The molecule has 7 heteroatoms. The summed E-state index contributed by atoms with van der Waals surface area (Å²) in [4.78, 5) is 31.3. The number of halogens is 1. The molecule has 0 spiro atoms. The number of imide groups is 1. The molecule has 3 aromatic rings. The number of hydrogen-bond acceptors (Lipinski definition) is 4. The van der Waals surface area contributed by atoms with E-state index >= 15 is 0 Å². The standard InChI is InChI=1S/C21H18ClN3O2S/c1-21(15-7-9-16(22)10-8-15)19(26)25(20(27)24-21)12-17-13-28-18(23-17)11-14-5-3-2-4-6-14/h2-10,13H,11-12H2,1H3,(H,24,27). The van der Waals surface area contributed by atoms with Crippen molar-refractivity contribution in [2.45, 2.75) is 25.4 Å². The molecule has 1 atom stereocenters. The van der Waals surface area contributed by atoms with E-state index in [2.05, 4.69) is 22.4 Å². The third kappa shape index (κ3) is 3.53. The van der Waals surface area contributed by atoms with Crippen LogP contribution in [-0.4, -0.2) is 21.8 Å². The highest BCUT2D eigenvalue weighted by atomic mass is 35.5. The van der Waals surface area contributed by atoms with Crippen LogP contribution >= 0.6 is 22.9 Å². The van der Waals surface area contributed by atoms with Crippen LogP contribution in [0.15, 0.2) is 60.0 Å². The maximum atomic E-state index is 13.0. The van der Waals surface area contributed by atoms with Gasteiger partial charge in [0, 0.05) is 16.8 Å². The Labute approximate surface area is 172 Å². The van der Waals surface area contributed by atoms with Gasteiger partial charge in [-0.05, 0) is 30.2 Å². The number of rotatable bonds is 5. The largest absolute Gasteiger partial charge is 0.325 e. The van der Waals surface area contributed by atoms with Crippen molar-refractivity contribution in [1.82, 2.24) is 15.2 Å². The van der Waals surface area contributed by atoms with Crippen LogP contribution in [0.4, 0.5) is 4.79 Å². The Morgan fingerprint density at radius 2 is 1.82 bits per heavy atom. The molecule has 0 radical (unpaired) electrons. The van der Waals surface area contributed by atoms with E-state index in [1.807, 2.05) is 23.6 Å². The van der Waals surface area contributed by atoms with Gasteiger partial charge in [0.25, 0.3) is 5.91 Å². The topological polar surface area (TPSA) is 62.3 Å². The third-order valence-electron chi connectivity index (χ3n) is 4.81. The zero-order valence-electron chi connectivity index (χ0n) is 15.2. The molecule has 2 heterocycles. The van der Waals surface area contributed by atoms with Crippen LogP contribution in [0.1, 0.15) is 28.8 Å². The molecule has 1 fully saturated rings. The monoisotopic (exact) mass is 411 g/mol. The Morgan fingerprint density at radius 1 is 1.11 bits per heavy atom. The van der Waals surface area contributed by atoms with Gasteiger partial charge in [-0.1, -0.05) is 54.1 Å². The first-order valence-corrected chi connectivity index (χ1v) is 10.1. The third-order valence-corrected chi connectivity index (χ3v) is 5.96. The minimum Gasteiger partial charge on any atom is -0.319 e. The van der Waals surface area contributed by atoms with Crippen molar-refractivity contribution in [2.75, 3.05) is 0 Å². The number of amides is 3. The Balaban J connectivity index is 1.50. The summed E-state index contributed by atoms with van der Waals surface area (Å²) in [6, 6.07) is 16.6. The van der Waals surface area contributed by atoms with Crippen LogP contribution in [0.5, 0.6) is 0 Å². The summed E-state index contributed by atoms with van der Waals surface area (Å²) in [6.45, 7) is 1.86. The molecule has 142 valence electrons. The van der Waals surface area contributed by atoms with Crippen molar-refractivity contribution in [2.24, 2.45) is 0 Å². The van der Waals surface area contributed by atoms with Crippen LogP contribution in [0.3, 0.4) is 0 Å². The molecule has 0 bridgehead atoms. The number of carbonyl (C=O) groups is 2. The normalized spacial score (nSPS) is 19.1. The van der Waals surface area contributed by atoms with Crippen molar-refractivity contribution in [1.29, 1.82) is 0 Å². The molecule has 0 aliphatic carbocycles. The molecule has 1 aromatic heterocycles. The van der Waals surface area contributed by atoms with Crippen LogP contribution in [-0.2, 0) is 23.3 Å². The maximum absolute atomic E-state index is 13.0. The van der Waals surface area contributed by atoms with Gasteiger partial charge >= 0.3 is 6.03 Å². The summed E-state index contributed by atoms with van der Waals surface area (Å²) in [7, 11) is 0. The minimum absolute atomic E-state index is 0.152. The lowest BCUT2D eigenvalue weighted by molar-refractivity contribution is -0.131. The van der Waals surface area contributed by atoms with E-state index in [1.54, 1.807) is 31.2 Å². The van der Waals surface area contributed by atoms with Crippen molar-refractivity contribution >= 4 is 34.9 Å². The number of carbonyl (C=O) groups excluding carboxylic acids is 2. The lowest BCUT2D eigenvalue weighted by Crippen LogP contribution is -2.40. The second-order valence-corrected chi connectivity index (χ2v) is 8.23. The zero-order chi connectivity index (χ0) is 19.7. The Kier molecular flexibility index (Phi) is 4.91. The van der Waals surface area contributed by atoms with Gasteiger partial charge in [0.15, 0.2) is 0 Å². The summed E-state index contributed by atoms with van der Waals surface area (Å²) in [5, 5.41) is 6.23. The van der Waals surface area contributed by atoms with E-state index in [1.165, 1.54) is 21.8 Å². The summed E-state index contributed by atoms with van der Waals surface area (Å²) in [5.74, 6) is -0.294. The maximum Gasteiger partial charge on any atom is 0.325 e. The molecule has 3 amide bonds. The van der Waals surface area contributed by atoms with Crippen LogP contribution in [0, 0.1) is 0 Å². The first-order valence-electron chi connectivity index (χ1n) is 8.83. The lowest BCUT2D eigenvalue weighted by Gasteiger charge is -2.22. The molecule has 2 aromatic carbocycles. The number of thiazole rings is 1. The molecule has 1 aliphatic heterocycles. The molecule has 4 rings (SSSR count). The van der Waals surface area contributed by atoms with Gasteiger partial charge in [-0.2, -0.15) is 0 Å². The first kappa shape index (κ1) is 18.7. The van der Waals surface area contributed by atoms with E-state index in [4.69, 9.17) is 11.6 Å². The van der Waals surface area contributed by atoms with Gasteiger partial charge in [-0.3, -0.25) is 9.69 Å². The summed E-state index contributed by atoms with van der Waals surface area (Å²) in [5.41, 5.74) is 1.47. The number of hydrogen-bond donors (Lipinski definition) is 1. The number of nitrogens with zero attached hydrogens (tertiary/aromatic N) is 2. The highest BCUT2D eigenvalue weighted by Crippen LogP contribution is 2.30. The van der Waals surface area contributed by atoms with E-state index in [0.29, 0.717) is 16.3 Å². The number of benzene rings is 2. The number of urea groups is 1. The Morgan fingerprint density at radius 3 is 2.54 bits per heavy atom. The van der Waals surface area contributed by atoms with Crippen LogP contribution in [0.25, 0.3) is 0 Å². The summed E-state index contributed by atoms with van der Waals surface area (Å²) < 4.78 is 0. The van der Waals surface area contributed by atoms with Crippen molar-refractivity contribution in [3.8, 4) is 0 Å². The van der Waals surface area contributed by atoms with Crippen molar-refractivity contribution in [3.63, 3.8) is 0 Å². The van der Waals surface area contributed by atoms with Gasteiger partial charge in [0.1, 0.15) is 5.54 Å². The van der Waals surface area contributed by atoms with E-state index in [0.717, 1.165) is 11.4 Å². The van der Waals surface area contributed by atoms with Gasteiger partial charge in [-0.15, -0.1) is 11.3 Å². The van der Waals surface area contributed by atoms with Gasteiger partial charge < -0.3 is 5.32 Å². The van der Waals surface area contributed by atoms with Gasteiger partial charge in [-0.25, -0.2) is 9.78 Å². The molecular weight excluding hydrogens is 394 g/mol. The molecule has 1 N–H and O–H groups in total. The quantitative estimate of drug-likeness (QED) is 0.634. The highest BCUT2D eigenvalue weighted by molar-refractivity contribution is 7.09. The second kappa shape index (κ2) is 7.37. The minimum atomic E-state index is -1.11. The number of aromatic nitrogens is 1. The average Bonchev–Trinajstić information content (AvgIpc) is 3.21. The van der Waals surface area contributed by atoms with Gasteiger partial charge in [0.2, 0.25) is 0 Å². The molecular formula is C21H18ClN3O2S. The van der Waals surface area contributed by atoms with Crippen LogP contribution < -0.4 is 5.32 Å². The smallest absolute Gasteiger partial charge is 0.319 e. The van der Waals surface area contributed by atoms with Crippen LogP contribution in [0.2, 0.25) is 5.02 Å². The van der Waals surface area contributed by atoms with Crippen molar-refractivity contribution < 1.29 is 9.59 Å². The molecule has 1 saturated heterocycles. The highest BCUT2D eigenvalue weighted by Gasteiger charge is 2.49. The average molecular weight is 412 g/mol. The van der Waals surface area contributed by atoms with E-state index in [-0.39, 0.29) is 12.5 Å². The molecule has 1 aliphatic rings. The van der Waals surface area contributed by atoms with Crippen molar-refractivity contribution in [3.05, 3.63) is 86.8 Å². The SMILES string of the molecule is CC1(c2ccc(Cl)cc2)NC(=O)N(Cc2csc(Cc3ccccc3)n2)C1=O. The Bertz CT molecular complexity index is 1020. The second-order valence-electron chi connectivity index (χ2n) is 6.85. The fourth-order valence-corrected chi connectivity index (χ4v) is 4.20. The molecule has 28 heavy (non-hydrogen) atoms. The predicted molar refractivity (Wildman–Crippen MR) is 109 cm³/mol. The van der Waals surface area contributed by atoms with E-state index in [9.17, 15) is 9.59 Å². The zero-order valence-corrected chi connectivity index (χ0v) is 16.8. The lowest BCUT2D eigenvalue weighted by atomic mass is 9.92. The molecule has 5 nitrogen and oxygen atoms in total. The predicted octanol–water partition coefficient (Wildman–Crippen LogP) is 4.35. The summed E-state index contributed by atoms with van der Waals surface area (Å²) >= 11 is 7.47. The summed E-state index contributed by atoms with van der Waals surface area (Å²) in [6.07, 6.45) is 0.730. The number of nitrogens with one attached hydrogen (secondary N) is 1. The molecule has 0 saturated carbocycles. The fourth-order valence-electron chi connectivity index (χ4n) is 3.25. The fraction of sp³-hybridized carbons (Fsp3) is 0.190. The molecule has 1 unspecified atom stereocenters. The Hall–Kier alpha value is -2.70. The first-order chi connectivity index (χ1) is 13.5. The van der Waals surface area contributed by atoms with E-state index < -0.39 is 11.6 Å².